The van der Waals surface area contributed by atoms with Gasteiger partial charge < -0.3 is 24.7 Å². The SMILES string of the molecule is FC(F)Oc1ncccc1C1N=CC2=C(NCCO2)N1CCc1c[nH]c2ccccc12. The summed E-state index contributed by atoms with van der Waals surface area (Å²) in [5, 5.41) is 4.53. The van der Waals surface area contributed by atoms with E-state index in [1.807, 2.05) is 29.3 Å². The van der Waals surface area contributed by atoms with E-state index in [4.69, 9.17) is 4.74 Å². The van der Waals surface area contributed by atoms with Gasteiger partial charge in [0.2, 0.25) is 5.88 Å². The Morgan fingerprint density at radius 2 is 2.13 bits per heavy atom. The molecule has 1 unspecified atom stereocenters. The van der Waals surface area contributed by atoms with Gasteiger partial charge in [0.15, 0.2) is 11.9 Å². The molecule has 31 heavy (non-hydrogen) atoms. The molecule has 0 amide bonds. The summed E-state index contributed by atoms with van der Waals surface area (Å²) >= 11 is 0. The second-order valence-corrected chi connectivity index (χ2v) is 7.22. The molecule has 2 N–H and O–H groups in total. The van der Waals surface area contributed by atoms with Gasteiger partial charge in [0.1, 0.15) is 12.4 Å². The summed E-state index contributed by atoms with van der Waals surface area (Å²) in [6.07, 6.45) is 5.22. The van der Waals surface area contributed by atoms with E-state index in [9.17, 15) is 8.78 Å². The normalized spacial score (nSPS) is 18.2. The molecule has 1 aromatic carbocycles. The first-order valence-corrected chi connectivity index (χ1v) is 10.1. The average molecular weight is 425 g/mol. The first-order chi connectivity index (χ1) is 15.2. The molecule has 160 valence electrons. The fourth-order valence-electron chi connectivity index (χ4n) is 4.01. The molecule has 7 nitrogen and oxygen atoms in total. The van der Waals surface area contributed by atoms with Crippen molar-refractivity contribution >= 4 is 17.1 Å². The molecule has 2 aliphatic rings. The van der Waals surface area contributed by atoms with Gasteiger partial charge in [-0.3, -0.25) is 4.99 Å². The van der Waals surface area contributed by atoms with Crippen molar-refractivity contribution in [1.82, 2.24) is 20.2 Å². The number of nitrogens with zero attached hydrogens (tertiary/aromatic N) is 3. The van der Waals surface area contributed by atoms with E-state index < -0.39 is 12.8 Å². The third-order valence-electron chi connectivity index (χ3n) is 5.38. The van der Waals surface area contributed by atoms with Crippen molar-refractivity contribution < 1.29 is 18.3 Å². The molecule has 9 heteroatoms. The molecule has 5 rings (SSSR count). The van der Waals surface area contributed by atoms with E-state index in [0.717, 1.165) is 28.7 Å². The van der Waals surface area contributed by atoms with Crippen LogP contribution in [0.15, 0.2) is 65.4 Å². The zero-order valence-corrected chi connectivity index (χ0v) is 16.6. The number of aliphatic imine (C=N–C) groups is 1. The average Bonchev–Trinajstić information content (AvgIpc) is 3.20. The Bertz CT molecular complexity index is 1140. The lowest BCUT2D eigenvalue weighted by atomic mass is 10.1. The number of para-hydroxylation sites is 1. The van der Waals surface area contributed by atoms with Crippen LogP contribution >= 0.6 is 0 Å². The quantitative estimate of drug-likeness (QED) is 0.632. The molecule has 3 aromatic rings. The van der Waals surface area contributed by atoms with Gasteiger partial charge in [-0.25, -0.2) is 4.98 Å². The third kappa shape index (κ3) is 3.78. The summed E-state index contributed by atoms with van der Waals surface area (Å²) in [5.74, 6) is 1.30. The summed E-state index contributed by atoms with van der Waals surface area (Å²) in [4.78, 5) is 13.9. The van der Waals surface area contributed by atoms with Gasteiger partial charge in [0.25, 0.3) is 0 Å². The van der Waals surface area contributed by atoms with Gasteiger partial charge in [0, 0.05) is 29.8 Å². The number of allylic oxidation sites excluding steroid dienone is 1. The maximum atomic E-state index is 13.0. The van der Waals surface area contributed by atoms with Gasteiger partial charge in [-0.05, 0) is 30.2 Å². The lowest BCUT2D eigenvalue weighted by Gasteiger charge is -2.38. The van der Waals surface area contributed by atoms with Crippen LogP contribution in [0.25, 0.3) is 10.9 Å². The monoisotopic (exact) mass is 425 g/mol. The fraction of sp³-hybridized carbons (Fsp3) is 0.273. The van der Waals surface area contributed by atoms with Crippen LogP contribution in [0.2, 0.25) is 0 Å². The smallest absolute Gasteiger partial charge is 0.388 e. The molecule has 0 saturated carbocycles. The number of benzene rings is 1. The maximum absolute atomic E-state index is 13.0. The van der Waals surface area contributed by atoms with E-state index >= 15 is 0 Å². The van der Waals surface area contributed by atoms with Crippen LogP contribution in [0.1, 0.15) is 17.3 Å². The second-order valence-electron chi connectivity index (χ2n) is 7.22. The number of halogens is 2. The van der Waals surface area contributed by atoms with E-state index in [-0.39, 0.29) is 5.88 Å². The van der Waals surface area contributed by atoms with Crippen LogP contribution in [-0.2, 0) is 11.2 Å². The molecule has 0 radical (unpaired) electrons. The number of fused-ring (bicyclic) bond motifs is 1. The fourth-order valence-corrected chi connectivity index (χ4v) is 4.01. The minimum absolute atomic E-state index is 0.127. The molecule has 0 spiro atoms. The lowest BCUT2D eigenvalue weighted by Crippen LogP contribution is -2.43. The van der Waals surface area contributed by atoms with Gasteiger partial charge in [0.05, 0.1) is 18.3 Å². The van der Waals surface area contributed by atoms with E-state index in [1.165, 1.54) is 6.20 Å². The van der Waals surface area contributed by atoms with Crippen LogP contribution < -0.4 is 10.1 Å². The predicted octanol–water partition coefficient (Wildman–Crippen LogP) is 3.58. The maximum Gasteiger partial charge on any atom is 0.388 e. The molecule has 0 fully saturated rings. The number of hydrogen-bond donors (Lipinski definition) is 2. The van der Waals surface area contributed by atoms with Gasteiger partial charge >= 0.3 is 6.61 Å². The largest absolute Gasteiger partial charge is 0.486 e. The summed E-state index contributed by atoms with van der Waals surface area (Å²) in [7, 11) is 0. The Morgan fingerprint density at radius 3 is 3.03 bits per heavy atom. The zero-order valence-electron chi connectivity index (χ0n) is 16.6. The van der Waals surface area contributed by atoms with Gasteiger partial charge in [-0.15, -0.1) is 0 Å². The Hall–Kier alpha value is -3.62. The van der Waals surface area contributed by atoms with Crippen LogP contribution in [0, 0.1) is 0 Å². The minimum Gasteiger partial charge on any atom is -0.486 e. The number of pyridine rings is 1. The number of nitrogens with one attached hydrogen (secondary N) is 2. The Balaban J connectivity index is 1.48. The van der Waals surface area contributed by atoms with Crippen molar-refractivity contribution in [2.75, 3.05) is 19.7 Å². The zero-order chi connectivity index (χ0) is 21.2. The van der Waals surface area contributed by atoms with Crippen molar-refractivity contribution in [3.63, 3.8) is 0 Å². The summed E-state index contributed by atoms with van der Waals surface area (Å²) in [5.41, 5.74) is 2.71. The van der Waals surface area contributed by atoms with E-state index in [0.29, 0.717) is 31.0 Å². The molecule has 4 heterocycles. The van der Waals surface area contributed by atoms with Crippen molar-refractivity contribution in [2.24, 2.45) is 4.99 Å². The van der Waals surface area contributed by atoms with E-state index in [1.54, 1.807) is 18.3 Å². The highest BCUT2D eigenvalue weighted by Crippen LogP contribution is 2.35. The number of alkyl halides is 2. The number of H-pyrrole nitrogens is 1. The van der Waals surface area contributed by atoms with Gasteiger partial charge in [-0.1, -0.05) is 18.2 Å². The molecule has 1 atom stereocenters. The molecule has 0 saturated heterocycles. The number of aromatic amines is 1. The number of hydrogen-bond acceptors (Lipinski definition) is 6. The lowest BCUT2D eigenvalue weighted by molar-refractivity contribution is -0.0542. The van der Waals surface area contributed by atoms with Crippen molar-refractivity contribution in [1.29, 1.82) is 0 Å². The molecule has 0 bridgehead atoms. The van der Waals surface area contributed by atoms with Crippen molar-refractivity contribution in [3.8, 4) is 5.88 Å². The number of aromatic nitrogens is 2. The highest BCUT2D eigenvalue weighted by atomic mass is 19.3. The molecule has 2 aliphatic heterocycles. The first-order valence-electron chi connectivity index (χ1n) is 10.1. The number of ether oxygens (including phenoxy) is 2. The molecular weight excluding hydrogens is 404 g/mol. The Morgan fingerprint density at radius 1 is 1.23 bits per heavy atom. The standard InChI is InChI=1S/C22H21F2N5O2/c23-22(24)31-21-16(5-3-8-26-21)19-28-13-18-20(25-9-11-30-18)29(19)10-7-14-12-27-17-6-2-1-4-15(14)17/h1-6,8,12-13,19,22,25,27H,7,9-11H2. The number of rotatable bonds is 6. The van der Waals surface area contributed by atoms with Gasteiger partial charge in [-0.2, -0.15) is 8.78 Å². The summed E-state index contributed by atoms with van der Waals surface area (Å²) in [6, 6.07) is 11.5. The highest BCUT2D eigenvalue weighted by Gasteiger charge is 2.32. The van der Waals surface area contributed by atoms with Crippen LogP contribution in [0.3, 0.4) is 0 Å². The van der Waals surface area contributed by atoms with Crippen molar-refractivity contribution in [2.45, 2.75) is 19.2 Å². The highest BCUT2D eigenvalue weighted by molar-refractivity contribution is 5.83. The summed E-state index contributed by atoms with van der Waals surface area (Å²) in [6.45, 7) is -1.19. The predicted molar refractivity (Wildman–Crippen MR) is 112 cm³/mol. The minimum atomic E-state index is -2.97. The van der Waals surface area contributed by atoms with E-state index in [2.05, 4.69) is 31.1 Å². The molecule has 2 aromatic heterocycles. The van der Waals surface area contributed by atoms with Crippen LogP contribution in [-0.4, -0.2) is 47.4 Å². The Kier molecular flexibility index (Phi) is 5.15. The second kappa shape index (κ2) is 8.25. The third-order valence-corrected chi connectivity index (χ3v) is 5.38. The first kappa shape index (κ1) is 19.3. The molecular formula is C22H21F2N5O2. The summed E-state index contributed by atoms with van der Waals surface area (Å²) < 4.78 is 36.3. The Labute approximate surface area is 177 Å². The van der Waals surface area contributed by atoms with Crippen molar-refractivity contribution in [3.05, 3.63) is 71.5 Å². The molecule has 0 aliphatic carbocycles. The topological polar surface area (TPSA) is 74.8 Å². The van der Waals surface area contributed by atoms with Crippen LogP contribution in [0.4, 0.5) is 8.78 Å². The van der Waals surface area contributed by atoms with Crippen LogP contribution in [0.5, 0.6) is 5.88 Å².